The maximum absolute atomic E-state index is 5.70. The van der Waals surface area contributed by atoms with Crippen LogP contribution in [0.5, 0.6) is 0 Å². The summed E-state index contributed by atoms with van der Waals surface area (Å²) in [5, 5.41) is 0. The average Bonchev–Trinajstić information content (AvgIpc) is 2.51. The fraction of sp³-hybridized carbons (Fsp3) is 0.636. The molecule has 15 heavy (non-hydrogen) atoms. The Labute approximate surface area is 99.7 Å². The largest absolute Gasteiger partial charge is 0.467 e. The van der Waals surface area contributed by atoms with E-state index < -0.39 is 0 Å². The second kappa shape index (κ2) is 5.14. The number of nitrogens with zero attached hydrogens (tertiary/aromatic N) is 1. The Hall–Kier alpha value is -0.320. The van der Waals surface area contributed by atoms with E-state index in [1.165, 1.54) is 0 Å². The van der Waals surface area contributed by atoms with Gasteiger partial charge in [0.15, 0.2) is 0 Å². The first-order valence-electron chi connectivity index (χ1n) is 5.05. The van der Waals surface area contributed by atoms with Gasteiger partial charge in [-0.05, 0) is 41.0 Å². The molecule has 0 saturated heterocycles. The predicted octanol–water partition coefficient (Wildman–Crippen LogP) is 2.46. The molecular weight excluding hydrogens is 256 g/mol. The van der Waals surface area contributed by atoms with Crippen molar-refractivity contribution >= 4 is 15.9 Å². The molecule has 1 heterocycles. The highest BCUT2D eigenvalue weighted by molar-refractivity contribution is 9.10. The number of hydrogen-bond acceptors (Lipinski definition) is 3. The molecule has 0 atom stereocenters. The van der Waals surface area contributed by atoms with E-state index in [0.29, 0.717) is 6.54 Å². The van der Waals surface area contributed by atoms with Crippen LogP contribution in [-0.4, -0.2) is 25.0 Å². The van der Waals surface area contributed by atoms with Gasteiger partial charge in [0.1, 0.15) is 5.76 Å². The SMILES string of the molecule is CN(Cc1occc1Br)CC(C)(C)CN. The van der Waals surface area contributed by atoms with Crippen molar-refractivity contribution in [1.82, 2.24) is 4.90 Å². The van der Waals surface area contributed by atoms with Crippen molar-refractivity contribution in [3.05, 3.63) is 22.6 Å². The van der Waals surface area contributed by atoms with Crippen molar-refractivity contribution in [2.45, 2.75) is 20.4 Å². The molecule has 0 aromatic carbocycles. The Morgan fingerprint density at radius 2 is 2.20 bits per heavy atom. The molecule has 0 amide bonds. The van der Waals surface area contributed by atoms with Crippen LogP contribution in [0.3, 0.4) is 0 Å². The fourth-order valence-electron chi connectivity index (χ4n) is 1.53. The van der Waals surface area contributed by atoms with E-state index in [9.17, 15) is 0 Å². The summed E-state index contributed by atoms with van der Waals surface area (Å²) < 4.78 is 6.39. The maximum Gasteiger partial charge on any atom is 0.131 e. The van der Waals surface area contributed by atoms with Gasteiger partial charge < -0.3 is 10.2 Å². The van der Waals surface area contributed by atoms with Gasteiger partial charge in [0.2, 0.25) is 0 Å². The Bertz CT molecular complexity index is 309. The molecule has 0 aliphatic rings. The first-order chi connectivity index (χ1) is 6.94. The predicted molar refractivity (Wildman–Crippen MR) is 65.6 cm³/mol. The molecule has 1 aromatic rings. The zero-order valence-electron chi connectivity index (χ0n) is 9.59. The lowest BCUT2D eigenvalue weighted by Crippen LogP contribution is -2.36. The Morgan fingerprint density at radius 3 is 2.67 bits per heavy atom. The normalized spacial score (nSPS) is 12.4. The van der Waals surface area contributed by atoms with Gasteiger partial charge in [0.05, 0.1) is 17.3 Å². The summed E-state index contributed by atoms with van der Waals surface area (Å²) in [5.41, 5.74) is 5.85. The molecule has 4 heteroatoms. The number of halogens is 1. The van der Waals surface area contributed by atoms with Crippen molar-refractivity contribution in [3.8, 4) is 0 Å². The summed E-state index contributed by atoms with van der Waals surface area (Å²) >= 11 is 3.45. The summed E-state index contributed by atoms with van der Waals surface area (Å²) in [6.07, 6.45) is 1.70. The molecule has 0 aliphatic heterocycles. The van der Waals surface area contributed by atoms with Crippen LogP contribution in [0.15, 0.2) is 21.2 Å². The van der Waals surface area contributed by atoms with Crippen LogP contribution in [0.2, 0.25) is 0 Å². The highest BCUT2D eigenvalue weighted by Crippen LogP contribution is 2.21. The molecule has 0 saturated carbocycles. The second-order valence-electron chi connectivity index (χ2n) is 4.73. The number of hydrogen-bond donors (Lipinski definition) is 1. The number of nitrogens with two attached hydrogens (primary N) is 1. The van der Waals surface area contributed by atoms with Gasteiger partial charge in [-0.25, -0.2) is 0 Å². The minimum atomic E-state index is 0.147. The molecule has 0 unspecified atom stereocenters. The zero-order chi connectivity index (χ0) is 11.5. The maximum atomic E-state index is 5.70. The third-order valence-electron chi connectivity index (χ3n) is 2.36. The monoisotopic (exact) mass is 274 g/mol. The molecule has 0 radical (unpaired) electrons. The first-order valence-corrected chi connectivity index (χ1v) is 5.84. The van der Waals surface area contributed by atoms with Crippen molar-refractivity contribution in [2.24, 2.45) is 11.1 Å². The van der Waals surface area contributed by atoms with Crippen LogP contribution in [0.25, 0.3) is 0 Å². The summed E-state index contributed by atoms with van der Waals surface area (Å²) in [6, 6.07) is 1.91. The van der Waals surface area contributed by atoms with E-state index >= 15 is 0 Å². The third-order valence-corrected chi connectivity index (χ3v) is 3.06. The minimum Gasteiger partial charge on any atom is -0.467 e. The molecule has 0 spiro atoms. The highest BCUT2D eigenvalue weighted by Gasteiger charge is 2.19. The van der Waals surface area contributed by atoms with Crippen LogP contribution in [0.1, 0.15) is 19.6 Å². The molecule has 2 N–H and O–H groups in total. The first kappa shape index (κ1) is 12.7. The van der Waals surface area contributed by atoms with E-state index in [0.717, 1.165) is 23.3 Å². The van der Waals surface area contributed by atoms with Gasteiger partial charge in [0, 0.05) is 6.54 Å². The van der Waals surface area contributed by atoms with Crippen molar-refractivity contribution in [2.75, 3.05) is 20.1 Å². The molecule has 0 aliphatic carbocycles. The summed E-state index contributed by atoms with van der Waals surface area (Å²) in [7, 11) is 2.08. The zero-order valence-corrected chi connectivity index (χ0v) is 11.2. The smallest absolute Gasteiger partial charge is 0.131 e. The minimum absolute atomic E-state index is 0.147. The van der Waals surface area contributed by atoms with Crippen LogP contribution >= 0.6 is 15.9 Å². The Kier molecular flexibility index (Phi) is 4.37. The molecule has 3 nitrogen and oxygen atoms in total. The Morgan fingerprint density at radius 1 is 1.53 bits per heavy atom. The Balaban J connectivity index is 2.50. The molecular formula is C11H19BrN2O. The van der Waals surface area contributed by atoms with E-state index in [4.69, 9.17) is 10.2 Å². The molecule has 0 fully saturated rings. The molecule has 1 aromatic heterocycles. The van der Waals surface area contributed by atoms with Crippen LogP contribution in [0.4, 0.5) is 0 Å². The summed E-state index contributed by atoms with van der Waals surface area (Å²) in [5.74, 6) is 0.963. The topological polar surface area (TPSA) is 42.4 Å². The van der Waals surface area contributed by atoms with Gasteiger partial charge in [-0.15, -0.1) is 0 Å². The van der Waals surface area contributed by atoms with Crippen LogP contribution in [0, 0.1) is 5.41 Å². The highest BCUT2D eigenvalue weighted by atomic mass is 79.9. The number of furan rings is 1. The van der Waals surface area contributed by atoms with Gasteiger partial charge in [0.25, 0.3) is 0 Å². The van der Waals surface area contributed by atoms with Crippen LogP contribution in [-0.2, 0) is 6.54 Å². The summed E-state index contributed by atoms with van der Waals surface area (Å²) in [6.45, 7) is 6.78. The average molecular weight is 275 g/mol. The standard InChI is InChI=1S/C11H19BrN2O/c1-11(2,7-13)8-14(3)6-10-9(12)4-5-15-10/h4-5H,6-8,13H2,1-3H3. The van der Waals surface area contributed by atoms with Crippen molar-refractivity contribution in [1.29, 1.82) is 0 Å². The van der Waals surface area contributed by atoms with E-state index in [-0.39, 0.29) is 5.41 Å². The molecule has 86 valence electrons. The van der Waals surface area contributed by atoms with Crippen molar-refractivity contribution in [3.63, 3.8) is 0 Å². The third kappa shape index (κ3) is 3.97. The van der Waals surface area contributed by atoms with E-state index in [2.05, 4.69) is 41.7 Å². The van der Waals surface area contributed by atoms with Gasteiger partial charge in [-0.3, -0.25) is 4.90 Å². The van der Waals surface area contributed by atoms with Gasteiger partial charge in [-0.1, -0.05) is 13.8 Å². The van der Waals surface area contributed by atoms with E-state index in [1.807, 2.05) is 6.07 Å². The van der Waals surface area contributed by atoms with Gasteiger partial charge in [-0.2, -0.15) is 0 Å². The number of rotatable bonds is 5. The lowest BCUT2D eigenvalue weighted by Gasteiger charge is -2.28. The quantitative estimate of drug-likeness (QED) is 0.897. The molecule has 1 rings (SSSR count). The lowest BCUT2D eigenvalue weighted by atomic mass is 9.93. The van der Waals surface area contributed by atoms with Crippen LogP contribution < -0.4 is 5.73 Å². The van der Waals surface area contributed by atoms with E-state index in [1.54, 1.807) is 6.26 Å². The molecule has 0 bridgehead atoms. The second-order valence-corrected chi connectivity index (χ2v) is 5.59. The lowest BCUT2D eigenvalue weighted by molar-refractivity contribution is 0.198. The summed E-state index contributed by atoms with van der Waals surface area (Å²) in [4.78, 5) is 2.22. The van der Waals surface area contributed by atoms with Gasteiger partial charge >= 0.3 is 0 Å². The van der Waals surface area contributed by atoms with Crippen molar-refractivity contribution < 1.29 is 4.42 Å². The fourth-order valence-corrected chi connectivity index (χ4v) is 1.86.